The maximum atomic E-state index is 6.57. The summed E-state index contributed by atoms with van der Waals surface area (Å²) in [4.78, 5) is 0. The summed E-state index contributed by atoms with van der Waals surface area (Å²) in [7, 11) is 1.57. The van der Waals surface area contributed by atoms with Crippen molar-refractivity contribution in [2.75, 3.05) is 14.2 Å². The molecule has 2 unspecified atom stereocenters. The van der Waals surface area contributed by atoms with E-state index in [0.29, 0.717) is 5.75 Å². The molecule has 0 N–H and O–H groups in total. The predicted octanol–water partition coefficient (Wildman–Crippen LogP) is 19.1. The largest absolute Gasteiger partial charge is 0.462 e. The van der Waals surface area contributed by atoms with Gasteiger partial charge in [-0.05, 0) is 68.8 Å². The van der Waals surface area contributed by atoms with Crippen LogP contribution in [-0.4, -0.2) is 14.2 Å². The van der Waals surface area contributed by atoms with Crippen molar-refractivity contribution in [3.63, 3.8) is 0 Å². The van der Waals surface area contributed by atoms with Gasteiger partial charge in [0.2, 0.25) is 9.03 Å². The Balaban J connectivity index is 0.000000293. The zero-order valence-electron chi connectivity index (χ0n) is 44.2. The first-order valence-electron chi connectivity index (χ1n) is 24.7. The Hall–Kier alpha value is -6.06. The summed E-state index contributed by atoms with van der Waals surface area (Å²) in [5.41, 5.74) is 11.3. The van der Waals surface area contributed by atoms with Crippen molar-refractivity contribution in [2.24, 2.45) is 0 Å². The summed E-state index contributed by atoms with van der Waals surface area (Å²) in [5.74, 6) is 2.33. The van der Waals surface area contributed by atoms with Crippen molar-refractivity contribution in [3.05, 3.63) is 268 Å². The van der Waals surface area contributed by atoms with E-state index in [1.54, 1.807) is 14.2 Å². The summed E-state index contributed by atoms with van der Waals surface area (Å²) in [6.07, 6.45) is 0. The average Bonchev–Trinajstić information content (AvgIpc) is 3.41. The number of rotatable bonds is 18. The van der Waals surface area contributed by atoms with Gasteiger partial charge in [0, 0.05) is 52.4 Å². The fraction of sp³-hybridized carbons (Fsp3) is 0.284. The van der Waals surface area contributed by atoms with Gasteiger partial charge in [-0.3, -0.25) is 4.52 Å². The third kappa shape index (κ3) is 13.4. The van der Waals surface area contributed by atoms with Crippen molar-refractivity contribution in [2.45, 2.75) is 111 Å². The molecule has 8 aromatic carbocycles. The molecule has 7 heteroatoms. The molecule has 0 radical (unpaired) electrons. The number of hydrogen-bond donors (Lipinski definition) is 0. The van der Waals surface area contributed by atoms with Gasteiger partial charge >= 0.3 is 8.60 Å². The van der Waals surface area contributed by atoms with Crippen LogP contribution in [0, 0.1) is 0 Å². The molecular formula is C67H80O5P2. The first-order valence-corrected chi connectivity index (χ1v) is 26.6. The fourth-order valence-electron chi connectivity index (χ4n) is 9.35. The Morgan fingerprint density at radius 1 is 0.324 bits per heavy atom. The lowest BCUT2D eigenvalue weighted by atomic mass is 9.73. The Morgan fingerprint density at radius 3 is 0.973 bits per heavy atom. The summed E-state index contributed by atoms with van der Waals surface area (Å²) >= 11 is 0. The first-order chi connectivity index (χ1) is 34.4. The van der Waals surface area contributed by atoms with Crippen molar-refractivity contribution in [1.29, 1.82) is 0 Å². The van der Waals surface area contributed by atoms with Crippen LogP contribution in [0.15, 0.2) is 212 Å². The van der Waals surface area contributed by atoms with Gasteiger partial charge in [0.05, 0.1) is 0 Å². The number of benzene rings is 8. The number of hydrogen-bond acceptors (Lipinski definition) is 5. The molecule has 0 aliphatic heterocycles. The van der Waals surface area contributed by atoms with Crippen LogP contribution in [-0.2, 0) is 36.1 Å². The van der Waals surface area contributed by atoms with E-state index < -0.39 is 8.60 Å². The molecule has 0 bridgehead atoms. The Bertz CT molecular complexity index is 2940. The van der Waals surface area contributed by atoms with Crippen molar-refractivity contribution < 1.29 is 22.6 Å². The molecular weight excluding hydrogens is 947 g/mol. The Kier molecular flexibility index (Phi) is 20.2. The predicted molar refractivity (Wildman–Crippen MR) is 317 cm³/mol. The molecule has 0 aliphatic carbocycles. The normalized spacial score (nSPS) is 12.4. The van der Waals surface area contributed by atoms with Crippen LogP contribution in [0.4, 0.5) is 0 Å². The lowest BCUT2D eigenvalue weighted by Crippen LogP contribution is -2.23. The Labute approximate surface area is 448 Å². The van der Waals surface area contributed by atoms with E-state index in [9.17, 15) is 0 Å². The van der Waals surface area contributed by atoms with Gasteiger partial charge in [0.15, 0.2) is 0 Å². The lowest BCUT2D eigenvalue weighted by Gasteiger charge is -2.32. The smallest absolute Gasteiger partial charge is 0.449 e. The van der Waals surface area contributed by atoms with E-state index in [1.807, 2.05) is 18.2 Å². The molecule has 388 valence electrons. The third-order valence-corrected chi connectivity index (χ3v) is 16.0. The van der Waals surface area contributed by atoms with Crippen LogP contribution in [0.2, 0.25) is 0 Å². The summed E-state index contributed by atoms with van der Waals surface area (Å²) in [6.45, 7) is 22.5. The minimum Gasteiger partial charge on any atom is -0.449 e. The molecule has 5 nitrogen and oxygen atoms in total. The summed E-state index contributed by atoms with van der Waals surface area (Å²) in [6, 6.07) is 74.3. The fourth-order valence-corrected chi connectivity index (χ4v) is 10.5. The van der Waals surface area contributed by atoms with Gasteiger partial charge in [-0.25, -0.2) is 0 Å². The Morgan fingerprint density at radius 2 is 0.622 bits per heavy atom. The second kappa shape index (κ2) is 25.5. The van der Waals surface area contributed by atoms with Gasteiger partial charge in [-0.2, -0.15) is 0 Å². The van der Waals surface area contributed by atoms with Gasteiger partial charge in [-0.1, -0.05) is 272 Å². The third-order valence-electron chi connectivity index (χ3n) is 14.5. The topological polar surface area (TPSA) is 46.2 Å². The molecule has 74 heavy (non-hydrogen) atoms. The van der Waals surface area contributed by atoms with Gasteiger partial charge in [-0.15, -0.1) is 0 Å². The van der Waals surface area contributed by atoms with Crippen LogP contribution < -0.4 is 13.6 Å². The second-order valence-corrected chi connectivity index (χ2v) is 22.8. The monoisotopic (exact) mass is 1030 g/mol. The highest BCUT2D eigenvalue weighted by Crippen LogP contribution is 2.48. The molecule has 0 saturated carbocycles. The highest BCUT2D eigenvalue weighted by Gasteiger charge is 2.34. The molecule has 0 amide bonds. The van der Waals surface area contributed by atoms with Crippen LogP contribution in [0.25, 0.3) is 0 Å². The standard InChI is InChI=1S/C40H43O3P.C25H29O2P.2CH4/c1-38(2,30-17-11-8-12-18-30)33-23-26-35(27-24-33)42-44(41-7)43-37-28-25-34(39(3,4)31-19-13-9-14-20-31)29-36(37)40(5,6)32-21-15-10-16-22-32;1-24(2,19-12-8-6-9-13-19)21-16-17-23(27-28-26-5)22(18-21)25(3,4)20-14-10-7-11-15-20;;/h8-29H,1-7H3;6-18,28H,1-5H3;2*1H4. The van der Waals surface area contributed by atoms with Crippen LogP contribution in [0.3, 0.4) is 0 Å². The first kappa shape index (κ1) is 58.8. The van der Waals surface area contributed by atoms with E-state index >= 15 is 0 Å². The zero-order valence-corrected chi connectivity index (χ0v) is 46.1. The van der Waals surface area contributed by atoms with Gasteiger partial charge in [0.1, 0.15) is 17.2 Å². The minimum absolute atomic E-state index is 0. The molecule has 0 aromatic heterocycles. The highest BCUT2D eigenvalue weighted by molar-refractivity contribution is 7.42. The molecule has 0 heterocycles. The maximum absolute atomic E-state index is 6.57. The van der Waals surface area contributed by atoms with E-state index in [4.69, 9.17) is 22.6 Å². The maximum Gasteiger partial charge on any atom is 0.462 e. The van der Waals surface area contributed by atoms with Crippen LogP contribution in [0.5, 0.6) is 17.2 Å². The van der Waals surface area contributed by atoms with E-state index in [1.165, 1.54) is 50.1 Å². The van der Waals surface area contributed by atoms with E-state index in [2.05, 4.69) is 263 Å². The quantitative estimate of drug-likeness (QED) is 0.0802. The van der Waals surface area contributed by atoms with E-state index in [-0.39, 0.29) is 51.0 Å². The highest BCUT2D eigenvalue weighted by atomic mass is 31.2. The van der Waals surface area contributed by atoms with Crippen molar-refractivity contribution in [1.82, 2.24) is 0 Å². The second-order valence-electron chi connectivity index (χ2n) is 20.9. The SMILES string of the molecule is C.C.COP(Oc1ccc(C(C)(C)c2ccccc2)cc1)Oc1ccc(C(C)(C)c2ccccc2)cc1C(C)(C)c1ccccc1.COPOc1ccc(C(C)(C)c2ccccc2)cc1C(C)(C)c1ccccc1. The van der Waals surface area contributed by atoms with Gasteiger partial charge < -0.3 is 18.1 Å². The van der Waals surface area contributed by atoms with Crippen LogP contribution in [0.1, 0.15) is 140 Å². The molecule has 8 rings (SSSR count). The minimum atomic E-state index is -1.71. The van der Waals surface area contributed by atoms with E-state index in [0.717, 1.165) is 17.1 Å². The molecule has 0 fully saturated rings. The molecule has 8 aromatic rings. The molecule has 0 aliphatic rings. The average molecular weight is 1030 g/mol. The summed E-state index contributed by atoms with van der Waals surface area (Å²) in [5, 5.41) is 0. The summed E-state index contributed by atoms with van der Waals surface area (Å²) < 4.78 is 29.8. The van der Waals surface area contributed by atoms with Crippen molar-refractivity contribution >= 4 is 17.6 Å². The molecule has 2 atom stereocenters. The van der Waals surface area contributed by atoms with Gasteiger partial charge in [0.25, 0.3) is 0 Å². The molecule has 0 saturated heterocycles. The molecule has 0 spiro atoms. The zero-order chi connectivity index (χ0) is 51.6. The lowest BCUT2D eigenvalue weighted by molar-refractivity contribution is 0.320. The van der Waals surface area contributed by atoms with Crippen LogP contribution >= 0.6 is 17.6 Å². The van der Waals surface area contributed by atoms with Crippen molar-refractivity contribution in [3.8, 4) is 17.2 Å².